The molecule has 0 spiro atoms. The largest absolute Gasteiger partial charge is 0.493 e. The average molecular weight is 319 g/mol. The van der Waals surface area contributed by atoms with Gasteiger partial charge in [0.2, 0.25) is 5.88 Å². The molecule has 0 saturated heterocycles. The summed E-state index contributed by atoms with van der Waals surface area (Å²) < 4.78 is 3.44. The molecule has 2 heterocycles. The van der Waals surface area contributed by atoms with Gasteiger partial charge < -0.3 is 9.67 Å². The maximum absolute atomic E-state index is 12.0. The zero-order valence-electron chi connectivity index (χ0n) is 11.7. The van der Waals surface area contributed by atoms with E-state index in [1.54, 1.807) is 30.7 Å². The van der Waals surface area contributed by atoms with Crippen LogP contribution in [-0.4, -0.2) is 24.2 Å². The average Bonchev–Trinajstić information content (AvgIpc) is 3.09. The van der Waals surface area contributed by atoms with Gasteiger partial charge in [0.25, 0.3) is 0 Å². The van der Waals surface area contributed by atoms with Crippen LogP contribution in [0.5, 0.6) is 5.88 Å². The highest BCUT2D eigenvalue weighted by Crippen LogP contribution is 2.32. The van der Waals surface area contributed by atoms with Gasteiger partial charge in [-0.25, -0.2) is 9.78 Å². The lowest BCUT2D eigenvalue weighted by Gasteiger charge is -2.09. The number of aryl methyl sites for hydroxylation is 1. The number of aromatic hydroxyl groups is 1. The van der Waals surface area contributed by atoms with Crippen molar-refractivity contribution in [3.05, 3.63) is 58.5 Å². The summed E-state index contributed by atoms with van der Waals surface area (Å²) in [6, 6.07) is 7.12. The maximum Gasteiger partial charge on any atom is 0.328 e. The number of benzene rings is 1. The van der Waals surface area contributed by atoms with E-state index >= 15 is 0 Å². The molecule has 0 fully saturated rings. The number of aromatic amines is 1. The number of rotatable bonds is 5. The van der Waals surface area contributed by atoms with Crippen molar-refractivity contribution < 1.29 is 5.11 Å². The lowest BCUT2D eigenvalue weighted by Crippen LogP contribution is -2.18. The second-order valence-corrected chi connectivity index (χ2v) is 5.32. The highest BCUT2D eigenvalue weighted by molar-refractivity contribution is 6.33. The summed E-state index contributed by atoms with van der Waals surface area (Å²) in [6.45, 7) is 1.20. The van der Waals surface area contributed by atoms with Gasteiger partial charge in [-0.15, -0.1) is 0 Å². The van der Waals surface area contributed by atoms with Crippen LogP contribution in [0.25, 0.3) is 11.3 Å². The summed E-state index contributed by atoms with van der Waals surface area (Å²) in [5, 5.41) is 10.5. The van der Waals surface area contributed by atoms with E-state index in [1.807, 2.05) is 16.8 Å². The van der Waals surface area contributed by atoms with Crippen molar-refractivity contribution in [3.63, 3.8) is 0 Å². The van der Waals surface area contributed by atoms with E-state index in [9.17, 15) is 9.90 Å². The smallest absolute Gasteiger partial charge is 0.328 e. The lowest BCUT2D eigenvalue weighted by atomic mass is 10.1. The van der Waals surface area contributed by atoms with Gasteiger partial charge in [-0.2, -0.15) is 0 Å². The molecule has 114 valence electrons. The second-order valence-electron chi connectivity index (χ2n) is 4.91. The summed E-state index contributed by atoms with van der Waals surface area (Å²) in [5.41, 5.74) is 0.696. The maximum atomic E-state index is 12.0. The van der Waals surface area contributed by atoms with Crippen molar-refractivity contribution in [3.8, 4) is 17.1 Å². The Labute approximate surface area is 131 Å². The van der Waals surface area contributed by atoms with Crippen LogP contribution in [-0.2, 0) is 13.1 Å². The van der Waals surface area contributed by atoms with Gasteiger partial charge in [0.05, 0.1) is 11.3 Å². The van der Waals surface area contributed by atoms with Gasteiger partial charge in [-0.05, 0) is 12.5 Å². The molecule has 0 bridgehead atoms. The van der Waals surface area contributed by atoms with E-state index in [0.29, 0.717) is 22.8 Å². The molecule has 2 N–H and O–H groups in total. The van der Waals surface area contributed by atoms with Crippen LogP contribution in [0.4, 0.5) is 0 Å². The molecule has 2 aromatic heterocycles. The van der Waals surface area contributed by atoms with Crippen LogP contribution in [0, 0.1) is 0 Å². The molecule has 0 atom stereocenters. The topological polar surface area (TPSA) is 75.8 Å². The molecular weight excluding hydrogens is 304 g/mol. The fourth-order valence-corrected chi connectivity index (χ4v) is 2.65. The molecule has 0 unspecified atom stereocenters. The van der Waals surface area contributed by atoms with E-state index in [4.69, 9.17) is 11.6 Å². The first-order valence-electron chi connectivity index (χ1n) is 6.89. The number of hydrogen-bond donors (Lipinski definition) is 2. The van der Waals surface area contributed by atoms with Gasteiger partial charge in [0.1, 0.15) is 5.69 Å². The summed E-state index contributed by atoms with van der Waals surface area (Å²) in [4.78, 5) is 18.4. The number of H-pyrrole nitrogens is 1. The van der Waals surface area contributed by atoms with E-state index in [1.165, 1.54) is 4.57 Å². The molecule has 3 rings (SSSR count). The first-order valence-corrected chi connectivity index (χ1v) is 7.27. The molecule has 0 aliphatic heterocycles. The number of nitrogens with one attached hydrogen (secondary N) is 1. The minimum atomic E-state index is -0.349. The molecule has 0 saturated carbocycles. The number of nitrogens with zero attached hydrogens (tertiary/aromatic N) is 3. The van der Waals surface area contributed by atoms with Crippen molar-refractivity contribution >= 4 is 11.6 Å². The Bertz CT molecular complexity index is 820. The Morgan fingerprint density at radius 2 is 2.09 bits per heavy atom. The van der Waals surface area contributed by atoms with Gasteiger partial charge in [-0.3, -0.25) is 9.55 Å². The van der Waals surface area contributed by atoms with Gasteiger partial charge in [0, 0.05) is 31.0 Å². The minimum absolute atomic E-state index is 0.166. The highest BCUT2D eigenvalue weighted by atomic mass is 35.5. The lowest BCUT2D eigenvalue weighted by molar-refractivity contribution is 0.457. The Morgan fingerprint density at radius 1 is 1.27 bits per heavy atom. The summed E-state index contributed by atoms with van der Waals surface area (Å²) in [7, 11) is 0. The summed E-state index contributed by atoms with van der Waals surface area (Å²) >= 11 is 6.17. The van der Waals surface area contributed by atoms with Gasteiger partial charge in [0.15, 0.2) is 0 Å². The van der Waals surface area contributed by atoms with Crippen molar-refractivity contribution in [1.29, 1.82) is 0 Å². The quantitative estimate of drug-likeness (QED) is 0.759. The van der Waals surface area contributed by atoms with Gasteiger partial charge in [-0.1, -0.05) is 29.8 Å². The Hall–Kier alpha value is -2.47. The predicted octanol–water partition coefficient (Wildman–Crippen LogP) is 2.49. The molecule has 3 aromatic rings. The number of imidazole rings is 2. The fraction of sp³-hybridized carbons (Fsp3) is 0.200. The Kier molecular flexibility index (Phi) is 4.02. The second kappa shape index (κ2) is 6.11. The highest BCUT2D eigenvalue weighted by Gasteiger charge is 2.17. The predicted molar refractivity (Wildman–Crippen MR) is 84.0 cm³/mol. The van der Waals surface area contributed by atoms with Crippen molar-refractivity contribution in [1.82, 2.24) is 19.1 Å². The van der Waals surface area contributed by atoms with Crippen LogP contribution in [0.15, 0.2) is 47.8 Å². The first-order chi connectivity index (χ1) is 10.7. The van der Waals surface area contributed by atoms with Crippen molar-refractivity contribution in [2.45, 2.75) is 19.5 Å². The van der Waals surface area contributed by atoms with Crippen LogP contribution in [0.2, 0.25) is 5.02 Å². The third-order valence-electron chi connectivity index (χ3n) is 3.45. The third-order valence-corrected chi connectivity index (χ3v) is 3.78. The van der Waals surface area contributed by atoms with E-state index in [0.717, 1.165) is 13.0 Å². The number of halogens is 1. The first kappa shape index (κ1) is 14.5. The van der Waals surface area contributed by atoms with Crippen LogP contribution in [0.1, 0.15) is 6.42 Å². The molecule has 6 nitrogen and oxygen atoms in total. The van der Waals surface area contributed by atoms with E-state index in [-0.39, 0.29) is 11.6 Å². The molecule has 0 radical (unpaired) electrons. The molecule has 22 heavy (non-hydrogen) atoms. The van der Waals surface area contributed by atoms with E-state index < -0.39 is 0 Å². The zero-order valence-corrected chi connectivity index (χ0v) is 12.5. The van der Waals surface area contributed by atoms with Crippen LogP contribution in [0.3, 0.4) is 0 Å². The number of hydrogen-bond acceptors (Lipinski definition) is 3. The Morgan fingerprint density at radius 3 is 2.82 bits per heavy atom. The minimum Gasteiger partial charge on any atom is -0.493 e. The molecule has 0 aliphatic carbocycles. The normalized spacial score (nSPS) is 11.0. The van der Waals surface area contributed by atoms with Crippen molar-refractivity contribution in [2.24, 2.45) is 0 Å². The third kappa shape index (κ3) is 2.78. The van der Waals surface area contributed by atoms with Crippen molar-refractivity contribution in [2.75, 3.05) is 0 Å². The monoisotopic (exact) mass is 318 g/mol. The van der Waals surface area contributed by atoms with Crippen LogP contribution >= 0.6 is 11.6 Å². The molecule has 1 aromatic carbocycles. The summed E-state index contributed by atoms with van der Waals surface area (Å²) in [6.07, 6.45) is 6.03. The van der Waals surface area contributed by atoms with Crippen LogP contribution < -0.4 is 5.69 Å². The fourth-order valence-electron chi connectivity index (χ4n) is 2.43. The standard InChI is InChI=1S/C15H15ClN4O2/c16-12-5-2-1-4-11(12)13-14(21)18-15(22)20(13)8-3-7-19-9-6-17-10-19/h1-2,4-6,9-10,21H,3,7-8H2,(H,18,22). The molecule has 7 heteroatoms. The molecule has 0 amide bonds. The van der Waals surface area contributed by atoms with Gasteiger partial charge >= 0.3 is 5.69 Å². The Balaban J connectivity index is 1.88. The van der Waals surface area contributed by atoms with E-state index in [2.05, 4.69) is 9.97 Å². The molecular formula is C15H15ClN4O2. The SMILES string of the molecule is O=c1[nH]c(O)c(-c2ccccc2Cl)n1CCCn1ccnc1. The number of aromatic nitrogens is 4. The summed E-state index contributed by atoms with van der Waals surface area (Å²) in [5.74, 6) is -0.166. The zero-order chi connectivity index (χ0) is 15.5. The molecule has 0 aliphatic rings.